The van der Waals surface area contributed by atoms with Crippen LogP contribution in [0.2, 0.25) is 0 Å². The van der Waals surface area contributed by atoms with Gasteiger partial charge in [0.2, 0.25) is 5.91 Å². The fourth-order valence-corrected chi connectivity index (χ4v) is 2.57. The minimum Gasteiger partial charge on any atom is -0.378 e. The number of piperidine rings is 1. The van der Waals surface area contributed by atoms with Crippen molar-refractivity contribution >= 4 is 27.5 Å². The molecule has 20 heavy (non-hydrogen) atoms. The van der Waals surface area contributed by atoms with Gasteiger partial charge in [-0.2, -0.15) is 0 Å². The van der Waals surface area contributed by atoms with E-state index in [1.54, 1.807) is 0 Å². The van der Waals surface area contributed by atoms with E-state index in [1.807, 2.05) is 25.1 Å². The Morgan fingerprint density at radius 3 is 2.95 bits per heavy atom. The van der Waals surface area contributed by atoms with E-state index in [4.69, 9.17) is 4.74 Å². The summed E-state index contributed by atoms with van der Waals surface area (Å²) in [6.45, 7) is 4.50. The van der Waals surface area contributed by atoms with Gasteiger partial charge in [0.1, 0.15) is 0 Å². The third-order valence-corrected chi connectivity index (χ3v) is 4.06. The van der Waals surface area contributed by atoms with E-state index in [1.165, 1.54) is 0 Å². The van der Waals surface area contributed by atoms with Gasteiger partial charge in [-0.15, -0.1) is 0 Å². The minimum atomic E-state index is -0.00904. The van der Waals surface area contributed by atoms with Crippen molar-refractivity contribution in [1.29, 1.82) is 0 Å². The summed E-state index contributed by atoms with van der Waals surface area (Å²) in [6, 6.07) is 5.89. The van der Waals surface area contributed by atoms with Gasteiger partial charge in [-0.05, 0) is 66.5 Å². The zero-order chi connectivity index (χ0) is 14.4. The first kappa shape index (κ1) is 15.5. The molecule has 1 aliphatic heterocycles. The number of nitrogens with one attached hydrogen (secondary N) is 2. The standard InChI is InChI=1S/C15H21BrN2O2/c1-11-2-3-13(16)14(10-11)18-15(19)6-9-20-12-4-7-17-8-5-12/h2-3,10,12,17H,4-9H2,1H3,(H,18,19). The van der Waals surface area contributed by atoms with Crippen molar-refractivity contribution in [2.75, 3.05) is 25.0 Å². The number of carbonyl (C=O) groups excluding carboxylic acids is 1. The molecular weight excluding hydrogens is 320 g/mol. The lowest BCUT2D eigenvalue weighted by molar-refractivity contribution is -0.117. The Kier molecular flexibility index (Phi) is 6.01. The van der Waals surface area contributed by atoms with Crippen molar-refractivity contribution in [2.24, 2.45) is 0 Å². The summed E-state index contributed by atoms with van der Waals surface area (Å²) in [4.78, 5) is 11.9. The van der Waals surface area contributed by atoms with Crippen LogP contribution in [0.3, 0.4) is 0 Å². The third-order valence-electron chi connectivity index (χ3n) is 3.36. The maximum Gasteiger partial charge on any atom is 0.226 e. The summed E-state index contributed by atoms with van der Waals surface area (Å²) in [6.07, 6.45) is 2.76. The highest BCUT2D eigenvalue weighted by molar-refractivity contribution is 9.10. The molecule has 110 valence electrons. The van der Waals surface area contributed by atoms with Gasteiger partial charge >= 0.3 is 0 Å². The highest BCUT2D eigenvalue weighted by Crippen LogP contribution is 2.23. The van der Waals surface area contributed by atoms with E-state index in [2.05, 4.69) is 26.6 Å². The monoisotopic (exact) mass is 340 g/mol. The maximum absolute atomic E-state index is 11.9. The molecule has 2 N–H and O–H groups in total. The average molecular weight is 341 g/mol. The molecule has 1 aromatic carbocycles. The molecule has 0 spiro atoms. The summed E-state index contributed by atoms with van der Waals surface area (Å²) in [5.74, 6) is -0.00904. The molecule has 1 saturated heterocycles. The van der Waals surface area contributed by atoms with Crippen molar-refractivity contribution in [2.45, 2.75) is 32.3 Å². The fraction of sp³-hybridized carbons (Fsp3) is 0.533. The zero-order valence-corrected chi connectivity index (χ0v) is 13.3. The molecule has 0 unspecified atom stereocenters. The van der Waals surface area contributed by atoms with Crippen molar-refractivity contribution in [3.05, 3.63) is 28.2 Å². The minimum absolute atomic E-state index is 0.00904. The van der Waals surface area contributed by atoms with E-state index in [0.717, 1.165) is 41.7 Å². The Morgan fingerprint density at radius 2 is 2.20 bits per heavy atom. The lowest BCUT2D eigenvalue weighted by atomic mass is 10.1. The molecular formula is C15H21BrN2O2. The Balaban J connectivity index is 1.73. The first-order valence-corrected chi connectivity index (χ1v) is 7.83. The topological polar surface area (TPSA) is 50.4 Å². The summed E-state index contributed by atoms with van der Waals surface area (Å²) < 4.78 is 6.63. The number of carbonyl (C=O) groups is 1. The number of aryl methyl sites for hydroxylation is 1. The van der Waals surface area contributed by atoms with E-state index >= 15 is 0 Å². The number of amides is 1. The highest BCUT2D eigenvalue weighted by Gasteiger charge is 2.14. The molecule has 5 heteroatoms. The van der Waals surface area contributed by atoms with Crippen LogP contribution < -0.4 is 10.6 Å². The summed E-state index contributed by atoms with van der Waals surface area (Å²) >= 11 is 3.44. The molecule has 1 aliphatic rings. The van der Waals surface area contributed by atoms with Crippen LogP contribution in [0, 0.1) is 6.92 Å². The molecule has 0 saturated carbocycles. The quantitative estimate of drug-likeness (QED) is 0.866. The Bertz CT molecular complexity index is 459. The Labute approximate surface area is 128 Å². The van der Waals surface area contributed by atoms with Crippen LogP contribution >= 0.6 is 15.9 Å². The second-order valence-electron chi connectivity index (χ2n) is 5.10. The van der Waals surface area contributed by atoms with Gasteiger partial charge in [0.15, 0.2) is 0 Å². The predicted molar refractivity (Wildman–Crippen MR) is 84.0 cm³/mol. The maximum atomic E-state index is 11.9. The number of halogens is 1. The lowest BCUT2D eigenvalue weighted by Crippen LogP contribution is -2.33. The largest absolute Gasteiger partial charge is 0.378 e. The number of benzene rings is 1. The lowest BCUT2D eigenvalue weighted by Gasteiger charge is -2.22. The van der Waals surface area contributed by atoms with Crippen LogP contribution in [-0.4, -0.2) is 31.7 Å². The van der Waals surface area contributed by atoms with Crippen LogP contribution in [0.15, 0.2) is 22.7 Å². The molecule has 1 amide bonds. The van der Waals surface area contributed by atoms with Crippen LogP contribution in [-0.2, 0) is 9.53 Å². The van der Waals surface area contributed by atoms with Crippen molar-refractivity contribution in [1.82, 2.24) is 5.32 Å². The molecule has 0 radical (unpaired) electrons. The first-order chi connectivity index (χ1) is 9.65. The number of ether oxygens (including phenoxy) is 1. The fourth-order valence-electron chi connectivity index (χ4n) is 2.23. The van der Waals surface area contributed by atoms with Gasteiger partial charge in [-0.3, -0.25) is 4.79 Å². The Hall–Kier alpha value is -0.910. The second kappa shape index (κ2) is 7.76. The molecule has 0 aromatic heterocycles. The zero-order valence-electron chi connectivity index (χ0n) is 11.7. The van der Waals surface area contributed by atoms with E-state index < -0.39 is 0 Å². The average Bonchev–Trinajstić information content (AvgIpc) is 2.44. The molecule has 0 bridgehead atoms. The van der Waals surface area contributed by atoms with Crippen LogP contribution in [0.4, 0.5) is 5.69 Å². The highest BCUT2D eigenvalue weighted by atomic mass is 79.9. The molecule has 0 atom stereocenters. The van der Waals surface area contributed by atoms with Gasteiger partial charge < -0.3 is 15.4 Å². The predicted octanol–water partition coefficient (Wildman–Crippen LogP) is 2.85. The molecule has 1 fully saturated rings. The molecule has 2 rings (SSSR count). The van der Waals surface area contributed by atoms with Gasteiger partial charge in [0.25, 0.3) is 0 Å². The molecule has 0 aliphatic carbocycles. The summed E-state index contributed by atoms with van der Waals surface area (Å²) in [5, 5.41) is 6.20. The Morgan fingerprint density at radius 1 is 1.45 bits per heavy atom. The van der Waals surface area contributed by atoms with Crippen molar-refractivity contribution in [3.8, 4) is 0 Å². The van der Waals surface area contributed by atoms with Crippen LogP contribution in [0.5, 0.6) is 0 Å². The number of hydrogen-bond acceptors (Lipinski definition) is 3. The van der Waals surface area contributed by atoms with Gasteiger partial charge in [0.05, 0.1) is 24.8 Å². The summed E-state index contributed by atoms with van der Waals surface area (Å²) in [7, 11) is 0. The second-order valence-corrected chi connectivity index (χ2v) is 5.96. The smallest absolute Gasteiger partial charge is 0.226 e. The number of rotatable bonds is 5. The number of anilines is 1. The molecule has 1 aromatic rings. The van der Waals surface area contributed by atoms with Gasteiger partial charge in [0, 0.05) is 4.47 Å². The molecule has 1 heterocycles. The number of hydrogen-bond donors (Lipinski definition) is 2. The first-order valence-electron chi connectivity index (χ1n) is 7.03. The van der Waals surface area contributed by atoms with Crippen LogP contribution in [0.1, 0.15) is 24.8 Å². The van der Waals surface area contributed by atoms with E-state index in [-0.39, 0.29) is 5.91 Å². The SMILES string of the molecule is Cc1ccc(Br)c(NC(=O)CCOC2CCNCC2)c1. The van der Waals surface area contributed by atoms with Crippen molar-refractivity contribution < 1.29 is 9.53 Å². The van der Waals surface area contributed by atoms with E-state index in [9.17, 15) is 4.79 Å². The van der Waals surface area contributed by atoms with Crippen molar-refractivity contribution in [3.63, 3.8) is 0 Å². The van der Waals surface area contributed by atoms with Crippen LogP contribution in [0.25, 0.3) is 0 Å². The van der Waals surface area contributed by atoms with Gasteiger partial charge in [-0.1, -0.05) is 6.07 Å². The van der Waals surface area contributed by atoms with Gasteiger partial charge in [-0.25, -0.2) is 0 Å². The molecule has 4 nitrogen and oxygen atoms in total. The summed E-state index contributed by atoms with van der Waals surface area (Å²) in [5.41, 5.74) is 1.94. The normalized spacial score (nSPS) is 16.1. The van der Waals surface area contributed by atoms with E-state index in [0.29, 0.717) is 19.1 Å². The third kappa shape index (κ3) is 4.89.